The van der Waals surface area contributed by atoms with Crippen LogP contribution in [0.25, 0.3) is 0 Å². The van der Waals surface area contributed by atoms with Gasteiger partial charge in [0.15, 0.2) is 11.5 Å². The Morgan fingerprint density at radius 2 is 1.81 bits per heavy atom. The molecule has 0 saturated carbocycles. The van der Waals surface area contributed by atoms with Crippen molar-refractivity contribution in [3.63, 3.8) is 0 Å². The van der Waals surface area contributed by atoms with Crippen LogP contribution in [0.4, 0.5) is 0 Å². The molecule has 0 heterocycles. The van der Waals surface area contributed by atoms with Crippen LogP contribution in [0.3, 0.4) is 0 Å². The number of benzene rings is 2. The van der Waals surface area contributed by atoms with Crippen LogP contribution >= 0.6 is 15.9 Å². The fourth-order valence-electron chi connectivity index (χ4n) is 1.80. The first-order valence-electron chi connectivity index (χ1n) is 6.58. The van der Waals surface area contributed by atoms with Gasteiger partial charge in [0.2, 0.25) is 0 Å². The molecule has 2 aromatic rings. The van der Waals surface area contributed by atoms with Gasteiger partial charge in [-0.05, 0) is 42.8 Å². The maximum atomic E-state index is 7.47. The van der Waals surface area contributed by atoms with E-state index in [4.69, 9.17) is 20.6 Å². The van der Waals surface area contributed by atoms with Gasteiger partial charge < -0.3 is 15.2 Å². The lowest BCUT2D eigenvalue weighted by Gasteiger charge is -2.13. The van der Waals surface area contributed by atoms with Gasteiger partial charge in [-0.1, -0.05) is 28.1 Å². The third-order valence-electron chi connectivity index (χ3n) is 2.86. The van der Waals surface area contributed by atoms with Gasteiger partial charge in [0.1, 0.15) is 12.4 Å². The molecule has 3 N–H and O–H groups in total. The van der Waals surface area contributed by atoms with Gasteiger partial charge in [-0.15, -0.1) is 0 Å². The van der Waals surface area contributed by atoms with Crippen molar-refractivity contribution in [1.29, 1.82) is 5.41 Å². The maximum absolute atomic E-state index is 7.47. The topological polar surface area (TPSA) is 68.3 Å². The Morgan fingerprint density at radius 3 is 2.43 bits per heavy atom. The molecule has 0 saturated heterocycles. The first-order valence-corrected chi connectivity index (χ1v) is 7.38. The average molecular weight is 349 g/mol. The standard InChI is InChI=1S/C16H17BrN2O2/c1-2-20-15-9-12(16(18)19)5-8-14(15)21-10-11-3-6-13(17)7-4-11/h3-9H,2,10H2,1H3,(H3,18,19). The number of nitrogens with two attached hydrogens (primary N) is 1. The molecule has 5 heteroatoms. The summed E-state index contributed by atoms with van der Waals surface area (Å²) in [6.45, 7) is 2.88. The van der Waals surface area contributed by atoms with E-state index in [1.165, 1.54) is 0 Å². The lowest BCUT2D eigenvalue weighted by atomic mass is 10.2. The zero-order valence-electron chi connectivity index (χ0n) is 11.7. The van der Waals surface area contributed by atoms with Gasteiger partial charge in [-0.25, -0.2) is 0 Å². The van der Waals surface area contributed by atoms with Crippen molar-refractivity contribution in [2.45, 2.75) is 13.5 Å². The number of nitrogen functional groups attached to an aromatic ring is 1. The maximum Gasteiger partial charge on any atom is 0.161 e. The van der Waals surface area contributed by atoms with Crippen molar-refractivity contribution >= 4 is 21.8 Å². The van der Waals surface area contributed by atoms with E-state index < -0.39 is 0 Å². The summed E-state index contributed by atoms with van der Waals surface area (Å²) in [5, 5.41) is 7.47. The Morgan fingerprint density at radius 1 is 1.10 bits per heavy atom. The molecule has 0 spiro atoms. The molecule has 0 aliphatic carbocycles. The molecule has 2 rings (SSSR count). The van der Waals surface area contributed by atoms with Crippen molar-refractivity contribution < 1.29 is 9.47 Å². The molecule has 0 atom stereocenters. The molecule has 110 valence electrons. The van der Waals surface area contributed by atoms with Gasteiger partial charge >= 0.3 is 0 Å². The smallest absolute Gasteiger partial charge is 0.161 e. The summed E-state index contributed by atoms with van der Waals surface area (Å²) >= 11 is 3.40. The zero-order valence-corrected chi connectivity index (χ0v) is 13.3. The molecule has 2 aromatic carbocycles. The summed E-state index contributed by atoms with van der Waals surface area (Å²) in [5.74, 6) is 1.25. The Bertz CT molecular complexity index is 627. The van der Waals surface area contributed by atoms with Gasteiger partial charge in [0.05, 0.1) is 6.61 Å². The molecule has 0 unspecified atom stereocenters. The molecular formula is C16H17BrN2O2. The van der Waals surface area contributed by atoms with Crippen LogP contribution in [0.5, 0.6) is 11.5 Å². The van der Waals surface area contributed by atoms with Crippen LogP contribution in [-0.2, 0) is 6.61 Å². The second-order valence-electron chi connectivity index (χ2n) is 4.42. The van der Waals surface area contributed by atoms with E-state index in [9.17, 15) is 0 Å². The summed E-state index contributed by atoms with van der Waals surface area (Å²) in [6.07, 6.45) is 0. The Balaban J connectivity index is 2.14. The number of nitrogens with one attached hydrogen (secondary N) is 1. The Labute approximate surface area is 132 Å². The third-order valence-corrected chi connectivity index (χ3v) is 3.39. The summed E-state index contributed by atoms with van der Waals surface area (Å²) in [7, 11) is 0. The van der Waals surface area contributed by atoms with E-state index in [1.807, 2.05) is 31.2 Å². The highest BCUT2D eigenvalue weighted by atomic mass is 79.9. The second kappa shape index (κ2) is 7.13. The highest BCUT2D eigenvalue weighted by Gasteiger charge is 2.08. The van der Waals surface area contributed by atoms with Gasteiger partial charge in [-0.3, -0.25) is 5.41 Å². The van der Waals surface area contributed by atoms with Gasteiger partial charge in [0, 0.05) is 10.0 Å². The van der Waals surface area contributed by atoms with E-state index in [1.54, 1.807) is 18.2 Å². The van der Waals surface area contributed by atoms with Crippen molar-refractivity contribution in [3.05, 3.63) is 58.1 Å². The first-order chi connectivity index (χ1) is 10.1. The van der Waals surface area contributed by atoms with Crippen LogP contribution in [0.1, 0.15) is 18.1 Å². The largest absolute Gasteiger partial charge is 0.490 e. The SMILES string of the molecule is CCOc1cc(C(=N)N)ccc1OCc1ccc(Br)cc1. The average Bonchev–Trinajstić information content (AvgIpc) is 2.47. The lowest BCUT2D eigenvalue weighted by Crippen LogP contribution is -2.11. The van der Waals surface area contributed by atoms with Crippen LogP contribution in [0, 0.1) is 5.41 Å². The molecule has 0 radical (unpaired) electrons. The zero-order chi connectivity index (χ0) is 15.2. The molecule has 0 amide bonds. The normalized spacial score (nSPS) is 10.2. The number of hydrogen-bond donors (Lipinski definition) is 2. The molecule has 0 aliphatic heterocycles. The van der Waals surface area contributed by atoms with Crippen LogP contribution in [0.2, 0.25) is 0 Å². The number of ether oxygens (including phenoxy) is 2. The fourth-order valence-corrected chi connectivity index (χ4v) is 2.07. The van der Waals surface area contributed by atoms with Crippen molar-refractivity contribution in [1.82, 2.24) is 0 Å². The van der Waals surface area contributed by atoms with E-state index in [-0.39, 0.29) is 5.84 Å². The van der Waals surface area contributed by atoms with Crippen molar-refractivity contribution in [3.8, 4) is 11.5 Å². The molecular weight excluding hydrogens is 332 g/mol. The van der Waals surface area contributed by atoms with E-state index >= 15 is 0 Å². The lowest BCUT2D eigenvalue weighted by molar-refractivity contribution is 0.269. The molecule has 0 aromatic heterocycles. The quantitative estimate of drug-likeness (QED) is 0.617. The Kier molecular flexibility index (Phi) is 5.22. The number of hydrogen-bond acceptors (Lipinski definition) is 3. The first kappa shape index (κ1) is 15.4. The summed E-state index contributed by atoms with van der Waals surface area (Å²) in [6, 6.07) is 13.2. The van der Waals surface area contributed by atoms with Gasteiger partial charge in [0.25, 0.3) is 0 Å². The minimum atomic E-state index is 0.00964. The number of halogens is 1. The highest BCUT2D eigenvalue weighted by molar-refractivity contribution is 9.10. The fraction of sp³-hybridized carbons (Fsp3) is 0.188. The third kappa shape index (κ3) is 4.23. The molecule has 0 aliphatic rings. The van der Waals surface area contributed by atoms with Crippen LogP contribution in [0.15, 0.2) is 46.9 Å². The van der Waals surface area contributed by atoms with Crippen molar-refractivity contribution in [2.24, 2.45) is 5.73 Å². The minimum absolute atomic E-state index is 0.00964. The molecule has 0 bridgehead atoms. The van der Waals surface area contributed by atoms with E-state index in [0.29, 0.717) is 30.3 Å². The molecule has 0 fully saturated rings. The highest BCUT2D eigenvalue weighted by Crippen LogP contribution is 2.29. The second-order valence-corrected chi connectivity index (χ2v) is 5.34. The Hall–Kier alpha value is -2.01. The monoisotopic (exact) mass is 348 g/mol. The number of amidine groups is 1. The van der Waals surface area contributed by atoms with Crippen LogP contribution < -0.4 is 15.2 Å². The minimum Gasteiger partial charge on any atom is -0.490 e. The predicted molar refractivity (Wildman–Crippen MR) is 87.1 cm³/mol. The molecule has 21 heavy (non-hydrogen) atoms. The predicted octanol–water partition coefficient (Wildman–Crippen LogP) is 3.71. The van der Waals surface area contributed by atoms with Gasteiger partial charge in [-0.2, -0.15) is 0 Å². The van der Waals surface area contributed by atoms with Crippen LogP contribution in [-0.4, -0.2) is 12.4 Å². The number of rotatable bonds is 6. The van der Waals surface area contributed by atoms with E-state index in [2.05, 4.69) is 15.9 Å². The summed E-state index contributed by atoms with van der Waals surface area (Å²) in [4.78, 5) is 0. The summed E-state index contributed by atoms with van der Waals surface area (Å²) in [5.41, 5.74) is 7.18. The van der Waals surface area contributed by atoms with E-state index in [0.717, 1.165) is 10.0 Å². The molecule has 4 nitrogen and oxygen atoms in total. The summed E-state index contributed by atoms with van der Waals surface area (Å²) < 4.78 is 12.4. The van der Waals surface area contributed by atoms with Crippen molar-refractivity contribution in [2.75, 3.05) is 6.61 Å².